The Kier molecular flexibility index (Phi) is 8.79. The minimum Gasteiger partial charge on any atom is -0.345 e. The molecule has 0 amide bonds. The molecule has 0 radical (unpaired) electrons. The van der Waals surface area contributed by atoms with Crippen molar-refractivity contribution in [2.45, 2.75) is 65.3 Å². The van der Waals surface area contributed by atoms with Crippen LogP contribution >= 0.6 is 19.6 Å². The zero-order valence-corrected chi connectivity index (χ0v) is 24.0. The molecule has 3 aliphatic heterocycles. The summed E-state index contributed by atoms with van der Waals surface area (Å²) in [5.41, 5.74) is 2.44. The maximum absolute atomic E-state index is 6.23. The van der Waals surface area contributed by atoms with Crippen molar-refractivity contribution in [1.82, 2.24) is 28.9 Å². The summed E-state index contributed by atoms with van der Waals surface area (Å²) in [6.45, 7) is 15.0. The number of likely N-dealkylation sites (N-methyl/N-ethyl adjacent to an activating group) is 1. The molecule has 7 nitrogen and oxygen atoms in total. The minimum atomic E-state index is -2.31. The second-order valence-electron chi connectivity index (χ2n) is 10.5. The maximum atomic E-state index is 6.23. The third-order valence-corrected chi connectivity index (χ3v) is 12.5. The predicted octanol–water partition coefficient (Wildman–Crippen LogP) is 5.00. The summed E-state index contributed by atoms with van der Waals surface area (Å²) in [6, 6.07) is 8.75. The van der Waals surface area contributed by atoms with E-state index in [1.54, 1.807) is 0 Å². The minimum absolute atomic E-state index is 0.823. The number of benzene rings is 1. The predicted molar refractivity (Wildman–Crippen MR) is 156 cm³/mol. The number of piperazine rings is 1. The zero-order valence-electron chi connectivity index (χ0n) is 22.3. The molecule has 0 bridgehead atoms. The lowest BCUT2D eigenvalue weighted by atomic mass is 10.2. The van der Waals surface area contributed by atoms with Crippen molar-refractivity contribution in [2.75, 3.05) is 58.9 Å². The van der Waals surface area contributed by atoms with Crippen LogP contribution in [0.15, 0.2) is 29.0 Å². The van der Waals surface area contributed by atoms with Gasteiger partial charge in [0.1, 0.15) is 5.44 Å². The van der Waals surface area contributed by atoms with E-state index in [-0.39, 0.29) is 0 Å². The number of thiocarbonyl (C=S) groups is 1. The van der Waals surface area contributed by atoms with E-state index in [1.807, 2.05) is 0 Å². The van der Waals surface area contributed by atoms with Crippen molar-refractivity contribution in [3.05, 3.63) is 24.3 Å². The lowest BCUT2D eigenvalue weighted by molar-refractivity contribution is 0.191. The van der Waals surface area contributed by atoms with Gasteiger partial charge in [0.15, 0.2) is 12.5 Å². The summed E-state index contributed by atoms with van der Waals surface area (Å²) in [4.78, 5) is 4.90. The van der Waals surface area contributed by atoms with Crippen LogP contribution in [-0.2, 0) is 6.54 Å². The molecular weight excluding hydrogens is 485 g/mol. The van der Waals surface area contributed by atoms with E-state index in [9.17, 15) is 0 Å². The van der Waals surface area contributed by atoms with Gasteiger partial charge < -0.3 is 9.80 Å². The fraction of sp³-hybridized carbons (Fsp3) is 0.704. The standard InChI is InChI=1S/C27H44N7PS/c1-3-15-34-26(24-13-7-8-14-25(24)28-34)35(32-16-9-5-10-17-32,33-18-11-6-12-19-33)29-27(36)31-22-20-30(4-2)21-23-31/h7-8,13-14H,3-6,9-12,15-23H2,1-2H3. The summed E-state index contributed by atoms with van der Waals surface area (Å²) in [5, 5.41) is 7.26. The number of nitrogens with zero attached hydrogens (tertiary/aromatic N) is 7. The molecular formula is C27H44N7PS. The van der Waals surface area contributed by atoms with Gasteiger partial charge in [-0.05, 0) is 56.9 Å². The second kappa shape index (κ2) is 12.0. The van der Waals surface area contributed by atoms with Gasteiger partial charge in [0.2, 0.25) is 0 Å². The van der Waals surface area contributed by atoms with Crippen molar-refractivity contribution in [1.29, 1.82) is 0 Å². The first-order valence-corrected chi connectivity index (χ1v) is 16.3. The van der Waals surface area contributed by atoms with Gasteiger partial charge in [-0.1, -0.05) is 44.9 Å². The summed E-state index contributed by atoms with van der Waals surface area (Å²) >= 11 is 6.23. The average molecular weight is 530 g/mol. The molecule has 3 fully saturated rings. The molecule has 9 heteroatoms. The van der Waals surface area contributed by atoms with Crippen LogP contribution in [0.1, 0.15) is 58.8 Å². The maximum Gasteiger partial charge on any atom is 0.196 e. The normalized spacial score (nSPS) is 21.2. The number of piperidine rings is 2. The average Bonchev–Trinajstić information content (AvgIpc) is 3.31. The number of aryl methyl sites for hydroxylation is 1. The topological polar surface area (TPSA) is 43.1 Å². The highest BCUT2D eigenvalue weighted by atomic mass is 32.1. The zero-order chi connectivity index (χ0) is 25.0. The highest BCUT2D eigenvalue weighted by Gasteiger charge is 2.42. The SMILES string of the molecule is CCCn1nc2ccccc2c1P(=NC(=S)N1CCN(CC)CC1)(N1CCCCC1)N1CCCCC1. The molecule has 1 aromatic carbocycles. The molecule has 0 atom stereocenters. The first-order chi connectivity index (χ1) is 17.7. The number of hydrogen-bond donors (Lipinski definition) is 0. The fourth-order valence-electron chi connectivity index (χ4n) is 6.12. The van der Waals surface area contributed by atoms with Gasteiger partial charge in [0, 0.05) is 64.3 Å². The van der Waals surface area contributed by atoms with Crippen LogP contribution < -0.4 is 5.44 Å². The highest BCUT2D eigenvalue weighted by Crippen LogP contribution is 2.58. The highest BCUT2D eigenvalue weighted by molar-refractivity contribution is 7.81. The Bertz CT molecular complexity index is 1060. The molecule has 0 spiro atoms. The number of fused-ring (bicyclic) bond motifs is 1. The van der Waals surface area contributed by atoms with Crippen LogP contribution in [0.3, 0.4) is 0 Å². The van der Waals surface area contributed by atoms with E-state index in [4.69, 9.17) is 22.1 Å². The number of aromatic nitrogens is 2. The van der Waals surface area contributed by atoms with E-state index in [0.29, 0.717) is 0 Å². The van der Waals surface area contributed by atoms with Crippen molar-refractivity contribution >= 4 is 41.0 Å². The van der Waals surface area contributed by atoms with Crippen molar-refractivity contribution in [2.24, 2.45) is 4.74 Å². The smallest absolute Gasteiger partial charge is 0.196 e. The summed E-state index contributed by atoms with van der Waals surface area (Å²) in [6.07, 6.45) is 8.66. The molecule has 198 valence electrons. The van der Waals surface area contributed by atoms with E-state index in [2.05, 4.69) is 61.9 Å². The van der Waals surface area contributed by atoms with Gasteiger partial charge in [0.05, 0.1) is 5.52 Å². The molecule has 0 aliphatic carbocycles. The van der Waals surface area contributed by atoms with Crippen LogP contribution in [0.25, 0.3) is 10.9 Å². The van der Waals surface area contributed by atoms with Gasteiger partial charge in [-0.15, -0.1) is 0 Å². The van der Waals surface area contributed by atoms with E-state index in [0.717, 1.165) is 82.5 Å². The van der Waals surface area contributed by atoms with Crippen LogP contribution in [0, 0.1) is 0 Å². The van der Waals surface area contributed by atoms with Crippen molar-refractivity contribution in [3.8, 4) is 0 Å². The molecule has 0 N–H and O–H groups in total. The van der Waals surface area contributed by atoms with Crippen LogP contribution in [0.4, 0.5) is 0 Å². The Morgan fingerprint density at radius 3 is 2.06 bits per heavy atom. The quantitative estimate of drug-likeness (QED) is 0.388. The van der Waals surface area contributed by atoms with Gasteiger partial charge in [-0.3, -0.25) is 14.0 Å². The van der Waals surface area contributed by atoms with Gasteiger partial charge >= 0.3 is 0 Å². The lowest BCUT2D eigenvalue weighted by Gasteiger charge is -2.47. The summed E-state index contributed by atoms with van der Waals surface area (Å²) in [5.74, 6) is 0. The lowest BCUT2D eigenvalue weighted by Crippen LogP contribution is -2.48. The van der Waals surface area contributed by atoms with Crippen LogP contribution in [0.2, 0.25) is 0 Å². The van der Waals surface area contributed by atoms with Crippen LogP contribution in [-0.4, -0.2) is 92.9 Å². The van der Waals surface area contributed by atoms with Gasteiger partial charge in [0.25, 0.3) is 0 Å². The van der Waals surface area contributed by atoms with Crippen molar-refractivity contribution in [3.63, 3.8) is 0 Å². The van der Waals surface area contributed by atoms with E-state index >= 15 is 0 Å². The fourth-order valence-corrected chi connectivity index (χ4v) is 10.9. The summed E-state index contributed by atoms with van der Waals surface area (Å²) < 4.78 is 13.7. The summed E-state index contributed by atoms with van der Waals surface area (Å²) in [7, 11) is -2.31. The first-order valence-electron chi connectivity index (χ1n) is 14.3. The molecule has 4 heterocycles. The molecule has 1 aromatic heterocycles. The molecule has 5 rings (SSSR count). The number of rotatable bonds is 6. The van der Waals surface area contributed by atoms with Crippen molar-refractivity contribution < 1.29 is 0 Å². The third-order valence-electron chi connectivity index (χ3n) is 8.11. The van der Waals surface area contributed by atoms with Gasteiger partial charge in [-0.25, -0.2) is 4.74 Å². The Morgan fingerprint density at radius 2 is 1.47 bits per heavy atom. The molecule has 0 unspecified atom stereocenters. The van der Waals surface area contributed by atoms with Gasteiger partial charge in [-0.2, -0.15) is 5.10 Å². The second-order valence-corrected chi connectivity index (χ2v) is 13.7. The molecule has 2 aromatic rings. The molecule has 36 heavy (non-hydrogen) atoms. The Balaban J connectivity index is 1.71. The Labute approximate surface area is 223 Å². The molecule has 3 saturated heterocycles. The van der Waals surface area contributed by atoms with Crippen LogP contribution in [0.5, 0.6) is 0 Å². The monoisotopic (exact) mass is 529 g/mol. The largest absolute Gasteiger partial charge is 0.345 e. The van der Waals surface area contributed by atoms with E-state index < -0.39 is 7.36 Å². The third kappa shape index (κ3) is 5.17. The Hall–Kier alpha value is -1.31. The Morgan fingerprint density at radius 1 is 0.861 bits per heavy atom. The molecule has 0 saturated carbocycles. The number of hydrogen-bond acceptors (Lipinski definition) is 3. The first kappa shape index (κ1) is 26.3. The molecule has 3 aliphatic rings. The van der Waals surface area contributed by atoms with E-state index in [1.165, 1.54) is 49.3 Å².